The summed E-state index contributed by atoms with van der Waals surface area (Å²) in [5.41, 5.74) is 0. The van der Waals surface area contributed by atoms with E-state index in [2.05, 4.69) is 0 Å². The van der Waals surface area contributed by atoms with E-state index in [1.807, 2.05) is 0 Å². The Labute approximate surface area is 77.7 Å². The van der Waals surface area contributed by atoms with Crippen LogP contribution in [0.25, 0.3) is 0 Å². The van der Waals surface area contributed by atoms with Crippen molar-refractivity contribution in [2.75, 3.05) is 0 Å². The Balaban J connectivity index is 2.67. The Bertz CT molecular complexity index is 336. The van der Waals surface area contributed by atoms with Gasteiger partial charge in [-0.3, -0.25) is 4.57 Å². The van der Waals surface area contributed by atoms with E-state index < -0.39 is 18.3 Å². The van der Waals surface area contributed by atoms with Gasteiger partial charge >= 0.3 is 6.08 Å². The first kappa shape index (κ1) is 10.5. The molecule has 0 atom stereocenters. The van der Waals surface area contributed by atoms with Crippen molar-refractivity contribution >= 4 is 0 Å². The Morgan fingerprint density at radius 3 is 2.07 bits per heavy atom. The molecule has 0 aromatic carbocycles. The van der Waals surface area contributed by atoms with Crippen LogP contribution >= 0.6 is 0 Å². The topological polar surface area (TPSA) is 45.4 Å². The number of hydrogen-bond donors (Lipinski definition) is 2. The third kappa shape index (κ3) is 2.21. The van der Waals surface area contributed by atoms with Crippen molar-refractivity contribution in [1.29, 1.82) is 0 Å². The molecule has 0 saturated carbocycles. The average molecular weight is 207 g/mol. The molecule has 0 spiro atoms. The number of nitrogens with zero attached hydrogens (tertiary/aromatic N) is 1. The molecule has 0 aliphatic carbocycles. The molecule has 0 aliphatic rings. The molecule has 0 amide bonds. The van der Waals surface area contributed by atoms with E-state index in [-0.39, 0.29) is 18.3 Å². The predicted molar refractivity (Wildman–Crippen MR) is 42.7 cm³/mol. The van der Waals surface area contributed by atoms with E-state index in [0.717, 1.165) is 4.57 Å². The van der Waals surface area contributed by atoms with Crippen LogP contribution in [-0.4, -0.2) is 14.8 Å². The summed E-state index contributed by atoms with van der Waals surface area (Å²) in [5.74, 6) is -2.14. The number of allylic oxidation sites excluding steroid dienone is 1. The zero-order chi connectivity index (χ0) is 10.7. The van der Waals surface area contributed by atoms with Gasteiger partial charge in [-0.05, 0) is 0 Å². The van der Waals surface area contributed by atoms with Crippen LogP contribution in [0.15, 0.2) is 24.0 Å². The molecule has 0 saturated heterocycles. The molecule has 0 unspecified atom stereocenters. The fourth-order valence-electron chi connectivity index (χ4n) is 0.980. The maximum absolute atomic E-state index is 12.3. The van der Waals surface area contributed by atoms with Gasteiger partial charge < -0.3 is 10.2 Å². The fourth-order valence-corrected chi connectivity index (χ4v) is 0.980. The minimum absolute atomic E-state index is 0.242. The second-order valence-corrected chi connectivity index (χ2v) is 2.62. The number of halogens is 3. The lowest BCUT2D eigenvalue weighted by Gasteiger charge is -2.04. The highest BCUT2D eigenvalue weighted by atomic mass is 19.3. The molecule has 78 valence electrons. The van der Waals surface area contributed by atoms with Crippen molar-refractivity contribution < 1.29 is 23.4 Å². The second kappa shape index (κ2) is 4.08. The van der Waals surface area contributed by atoms with Crippen LogP contribution in [0.4, 0.5) is 13.2 Å². The molecule has 6 heteroatoms. The van der Waals surface area contributed by atoms with Gasteiger partial charge in [0, 0.05) is 25.1 Å². The molecule has 0 fully saturated rings. The lowest BCUT2D eigenvalue weighted by molar-refractivity contribution is 0.344. The second-order valence-electron chi connectivity index (χ2n) is 2.62. The highest BCUT2D eigenvalue weighted by Gasteiger charge is 2.09. The molecule has 1 heterocycles. The summed E-state index contributed by atoms with van der Waals surface area (Å²) in [4.78, 5) is 0. The van der Waals surface area contributed by atoms with Gasteiger partial charge in [0.15, 0.2) is 17.6 Å². The third-order valence-electron chi connectivity index (χ3n) is 1.69. The molecule has 0 aliphatic heterocycles. The number of rotatable bonds is 3. The van der Waals surface area contributed by atoms with Gasteiger partial charge in [0.25, 0.3) is 0 Å². The summed E-state index contributed by atoms with van der Waals surface area (Å²) < 4.78 is 36.5. The Morgan fingerprint density at radius 2 is 1.64 bits per heavy atom. The van der Waals surface area contributed by atoms with E-state index in [1.54, 1.807) is 0 Å². The van der Waals surface area contributed by atoms with Gasteiger partial charge in [-0.2, -0.15) is 8.78 Å². The Hall–Kier alpha value is -1.59. The number of hydrogen-bond acceptors (Lipinski definition) is 2. The van der Waals surface area contributed by atoms with Crippen LogP contribution in [0, 0.1) is 0 Å². The molecule has 1 rings (SSSR count). The molecule has 1 aromatic rings. The summed E-state index contributed by atoms with van der Waals surface area (Å²) in [5, 5.41) is 18.1. The van der Waals surface area contributed by atoms with Crippen molar-refractivity contribution in [1.82, 2.24) is 4.57 Å². The SMILES string of the molecule is Oc1ccc(O)n1CCC(F)=C(F)F. The van der Waals surface area contributed by atoms with Crippen molar-refractivity contribution in [3.05, 3.63) is 24.0 Å². The van der Waals surface area contributed by atoms with Gasteiger partial charge in [-0.15, -0.1) is 0 Å². The van der Waals surface area contributed by atoms with Crippen LogP contribution in [0.3, 0.4) is 0 Å². The minimum atomic E-state index is -2.38. The van der Waals surface area contributed by atoms with E-state index in [1.165, 1.54) is 12.1 Å². The molecule has 2 N–H and O–H groups in total. The molecule has 0 radical (unpaired) electrons. The molecule has 3 nitrogen and oxygen atoms in total. The number of aromatic nitrogens is 1. The largest absolute Gasteiger partial charge is 0.494 e. The van der Waals surface area contributed by atoms with Crippen LogP contribution < -0.4 is 0 Å². The van der Waals surface area contributed by atoms with Gasteiger partial charge in [-0.25, -0.2) is 4.39 Å². The van der Waals surface area contributed by atoms with Crippen molar-refractivity contribution in [3.8, 4) is 11.8 Å². The van der Waals surface area contributed by atoms with Crippen molar-refractivity contribution in [3.63, 3.8) is 0 Å². The van der Waals surface area contributed by atoms with Gasteiger partial charge in [0.1, 0.15) is 0 Å². The fraction of sp³-hybridized carbons (Fsp3) is 0.250. The van der Waals surface area contributed by atoms with Crippen molar-refractivity contribution in [2.24, 2.45) is 0 Å². The standard InChI is InChI=1S/C8H8F3NO2/c9-5(8(10)11)3-4-12-6(13)1-2-7(12)14/h1-2,13-14H,3-4H2. The first-order chi connectivity index (χ1) is 6.52. The normalized spacial score (nSPS) is 10.2. The van der Waals surface area contributed by atoms with Crippen LogP contribution in [0.1, 0.15) is 6.42 Å². The Kier molecular flexibility index (Phi) is 3.06. The van der Waals surface area contributed by atoms with Gasteiger partial charge in [0.05, 0.1) is 0 Å². The lowest BCUT2D eigenvalue weighted by atomic mass is 10.4. The zero-order valence-electron chi connectivity index (χ0n) is 7.04. The monoisotopic (exact) mass is 207 g/mol. The van der Waals surface area contributed by atoms with E-state index in [4.69, 9.17) is 10.2 Å². The maximum Gasteiger partial charge on any atom is 0.301 e. The average Bonchev–Trinajstić information content (AvgIpc) is 2.43. The van der Waals surface area contributed by atoms with E-state index >= 15 is 0 Å². The quantitative estimate of drug-likeness (QED) is 0.799. The molecular weight excluding hydrogens is 199 g/mol. The summed E-state index contributed by atoms with van der Waals surface area (Å²) in [7, 11) is 0. The first-order valence-corrected chi connectivity index (χ1v) is 3.79. The van der Waals surface area contributed by atoms with Crippen LogP contribution in [-0.2, 0) is 6.54 Å². The smallest absolute Gasteiger partial charge is 0.301 e. The summed E-state index contributed by atoms with van der Waals surface area (Å²) in [6, 6.07) is 2.37. The van der Waals surface area contributed by atoms with E-state index in [9.17, 15) is 13.2 Å². The Morgan fingerprint density at radius 1 is 1.14 bits per heavy atom. The molecule has 0 bridgehead atoms. The zero-order valence-corrected chi connectivity index (χ0v) is 7.04. The van der Waals surface area contributed by atoms with Crippen LogP contribution in [0.5, 0.6) is 11.8 Å². The maximum atomic E-state index is 12.3. The lowest BCUT2D eigenvalue weighted by Crippen LogP contribution is -1.97. The summed E-state index contributed by atoms with van der Waals surface area (Å²) >= 11 is 0. The minimum Gasteiger partial charge on any atom is -0.494 e. The first-order valence-electron chi connectivity index (χ1n) is 3.79. The van der Waals surface area contributed by atoms with Gasteiger partial charge in [-0.1, -0.05) is 0 Å². The van der Waals surface area contributed by atoms with Crippen molar-refractivity contribution in [2.45, 2.75) is 13.0 Å². The molecular formula is C8H8F3NO2. The third-order valence-corrected chi connectivity index (χ3v) is 1.69. The highest BCUT2D eigenvalue weighted by Crippen LogP contribution is 2.23. The number of aromatic hydroxyl groups is 2. The van der Waals surface area contributed by atoms with Gasteiger partial charge in [0.2, 0.25) is 0 Å². The van der Waals surface area contributed by atoms with E-state index in [0.29, 0.717) is 0 Å². The summed E-state index contributed by atoms with van der Waals surface area (Å²) in [6.45, 7) is -0.242. The highest BCUT2D eigenvalue weighted by molar-refractivity contribution is 5.23. The predicted octanol–water partition coefficient (Wildman–Crippen LogP) is 2.37. The summed E-state index contributed by atoms with van der Waals surface area (Å²) in [6.07, 6.45) is -2.95. The molecule has 14 heavy (non-hydrogen) atoms. The molecule has 1 aromatic heterocycles. The van der Waals surface area contributed by atoms with Crippen LogP contribution in [0.2, 0.25) is 0 Å².